The van der Waals surface area contributed by atoms with Crippen molar-refractivity contribution in [2.75, 3.05) is 13.1 Å². The number of piperidine rings is 1. The lowest BCUT2D eigenvalue weighted by Gasteiger charge is -2.32. The van der Waals surface area contributed by atoms with Crippen molar-refractivity contribution in [3.05, 3.63) is 34.5 Å². The Morgan fingerprint density at radius 1 is 1.31 bits per heavy atom. The SMILES string of the molecule is Cc1c(C(=O)NC2CCN(C(=O)CC(C)C)CC2)oc2ccc(Cl)cc12. The minimum absolute atomic E-state index is 0.0572. The van der Waals surface area contributed by atoms with E-state index < -0.39 is 0 Å². The normalized spacial score (nSPS) is 15.7. The van der Waals surface area contributed by atoms with Gasteiger partial charge in [0.1, 0.15) is 5.58 Å². The minimum atomic E-state index is -0.207. The van der Waals surface area contributed by atoms with Crippen LogP contribution in [0.15, 0.2) is 22.6 Å². The molecule has 3 rings (SSSR count). The molecule has 1 fully saturated rings. The number of aryl methyl sites for hydroxylation is 1. The van der Waals surface area contributed by atoms with Gasteiger partial charge in [0.25, 0.3) is 5.91 Å². The van der Waals surface area contributed by atoms with Crippen molar-refractivity contribution in [1.29, 1.82) is 0 Å². The molecule has 5 nitrogen and oxygen atoms in total. The van der Waals surface area contributed by atoms with Crippen molar-refractivity contribution >= 4 is 34.4 Å². The van der Waals surface area contributed by atoms with E-state index in [9.17, 15) is 9.59 Å². The second kappa shape index (κ2) is 7.70. The van der Waals surface area contributed by atoms with Crippen LogP contribution in [0.4, 0.5) is 0 Å². The summed E-state index contributed by atoms with van der Waals surface area (Å²) in [6.45, 7) is 7.34. The zero-order valence-corrected chi connectivity index (χ0v) is 16.2. The van der Waals surface area contributed by atoms with Crippen LogP contribution in [0, 0.1) is 12.8 Å². The van der Waals surface area contributed by atoms with Gasteiger partial charge in [0.2, 0.25) is 5.91 Å². The number of halogens is 1. The molecule has 1 aliphatic rings. The third-order valence-electron chi connectivity index (χ3n) is 4.87. The Bertz CT molecular complexity index is 820. The molecular weight excluding hydrogens is 352 g/mol. The Morgan fingerprint density at radius 3 is 2.65 bits per heavy atom. The second-order valence-electron chi connectivity index (χ2n) is 7.42. The van der Waals surface area contributed by atoms with E-state index in [0.717, 1.165) is 23.8 Å². The summed E-state index contributed by atoms with van der Waals surface area (Å²) in [6.07, 6.45) is 2.11. The first-order valence-electron chi connectivity index (χ1n) is 9.12. The van der Waals surface area contributed by atoms with Crippen LogP contribution in [-0.2, 0) is 4.79 Å². The molecule has 0 spiro atoms. The van der Waals surface area contributed by atoms with Crippen LogP contribution in [0.3, 0.4) is 0 Å². The molecule has 6 heteroatoms. The molecule has 0 atom stereocenters. The van der Waals surface area contributed by atoms with Crippen LogP contribution in [-0.4, -0.2) is 35.8 Å². The average molecular weight is 377 g/mol. The second-order valence-corrected chi connectivity index (χ2v) is 7.86. The fraction of sp³-hybridized carbons (Fsp3) is 0.500. The Labute approximate surface area is 158 Å². The van der Waals surface area contributed by atoms with Gasteiger partial charge in [0.05, 0.1) is 0 Å². The first-order valence-corrected chi connectivity index (χ1v) is 9.50. The van der Waals surface area contributed by atoms with Crippen LogP contribution in [0.25, 0.3) is 11.0 Å². The predicted molar refractivity (Wildman–Crippen MR) is 102 cm³/mol. The summed E-state index contributed by atoms with van der Waals surface area (Å²) in [6, 6.07) is 5.39. The van der Waals surface area contributed by atoms with Gasteiger partial charge in [-0.2, -0.15) is 0 Å². The summed E-state index contributed by atoms with van der Waals surface area (Å²) in [5.74, 6) is 0.696. The lowest BCUT2D eigenvalue weighted by molar-refractivity contribution is -0.133. The van der Waals surface area contributed by atoms with E-state index in [2.05, 4.69) is 5.32 Å². The van der Waals surface area contributed by atoms with Gasteiger partial charge in [0.15, 0.2) is 5.76 Å². The van der Waals surface area contributed by atoms with Crippen molar-refractivity contribution in [3.63, 3.8) is 0 Å². The molecule has 140 valence electrons. The number of furan rings is 1. The summed E-state index contributed by atoms with van der Waals surface area (Å²) >= 11 is 6.03. The molecule has 0 aliphatic carbocycles. The molecule has 1 saturated heterocycles. The van der Waals surface area contributed by atoms with Crippen LogP contribution in [0.1, 0.15) is 49.2 Å². The van der Waals surface area contributed by atoms with Crippen molar-refractivity contribution in [2.45, 2.75) is 46.1 Å². The van der Waals surface area contributed by atoms with Crippen molar-refractivity contribution < 1.29 is 14.0 Å². The van der Waals surface area contributed by atoms with Gasteiger partial charge >= 0.3 is 0 Å². The Balaban J connectivity index is 1.61. The zero-order chi connectivity index (χ0) is 18.8. The molecular formula is C20H25ClN2O3. The summed E-state index contributed by atoms with van der Waals surface area (Å²) in [4.78, 5) is 26.7. The van der Waals surface area contributed by atoms with Crippen molar-refractivity contribution in [2.24, 2.45) is 5.92 Å². The molecule has 2 aromatic rings. The Morgan fingerprint density at radius 2 is 2.00 bits per heavy atom. The largest absolute Gasteiger partial charge is 0.451 e. The van der Waals surface area contributed by atoms with Crippen LogP contribution < -0.4 is 5.32 Å². The number of fused-ring (bicyclic) bond motifs is 1. The highest BCUT2D eigenvalue weighted by atomic mass is 35.5. The number of benzene rings is 1. The third kappa shape index (κ3) is 4.04. The molecule has 1 N–H and O–H groups in total. The lowest BCUT2D eigenvalue weighted by Crippen LogP contribution is -2.46. The maximum atomic E-state index is 12.6. The molecule has 2 heterocycles. The van der Waals surface area contributed by atoms with E-state index in [-0.39, 0.29) is 17.9 Å². The first kappa shape index (κ1) is 18.8. The van der Waals surface area contributed by atoms with Gasteiger partial charge in [-0.1, -0.05) is 25.4 Å². The topological polar surface area (TPSA) is 62.6 Å². The molecule has 26 heavy (non-hydrogen) atoms. The van der Waals surface area contributed by atoms with Crippen molar-refractivity contribution in [1.82, 2.24) is 10.2 Å². The highest BCUT2D eigenvalue weighted by Gasteiger charge is 2.26. The molecule has 0 bridgehead atoms. The smallest absolute Gasteiger partial charge is 0.287 e. The number of nitrogens with zero attached hydrogens (tertiary/aromatic N) is 1. The maximum absolute atomic E-state index is 12.6. The predicted octanol–water partition coefficient (Wildman–Crippen LogP) is 4.16. The summed E-state index contributed by atoms with van der Waals surface area (Å²) < 4.78 is 5.73. The Kier molecular flexibility index (Phi) is 5.56. The van der Waals surface area contributed by atoms with E-state index in [0.29, 0.717) is 41.8 Å². The molecule has 0 unspecified atom stereocenters. The summed E-state index contributed by atoms with van der Waals surface area (Å²) in [7, 11) is 0. The standard InChI is InChI=1S/C20H25ClN2O3/c1-12(2)10-18(24)23-8-6-15(7-9-23)22-20(25)19-13(3)16-11-14(21)4-5-17(16)26-19/h4-5,11-12,15H,6-10H2,1-3H3,(H,22,25). The number of hydrogen-bond donors (Lipinski definition) is 1. The average Bonchev–Trinajstić information content (AvgIpc) is 2.91. The number of likely N-dealkylation sites (tertiary alicyclic amines) is 1. The van der Waals surface area contributed by atoms with Gasteiger partial charge in [-0.05, 0) is 43.9 Å². The third-order valence-corrected chi connectivity index (χ3v) is 5.11. The summed E-state index contributed by atoms with van der Waals surface area (Å²) in [5.41, 5.74) is 1.45. The van der Waals surface area contributed by atoms with Crippen LogP contribution in [0.2, 0.25) is 5.02 Å². The van der Waals surface area contributed by atoms with Crippen LogP contribution >= 0.6 is 11.6 Å². The lowest BCUT2D eigenvalue weighted by atomic mass is 10.0. The number of nitrogens with one attached hydrogen (secondary N) is 1. The van der Waals surface area contributed by atoms with Gasteiger partial charge in [0, 0.05) is 41.5 Å². The number of hydrogen-bond acceptors (Lipinski definition) is 3. The number of rotatable bonds is 4. The van der Waals surface area contributed by atoms with E-state index in [1.165, 1.54) is 0 Å². The number of amides is 2. The Hall–Kier alpha value is -2.01. The van der Waals surface area contributed by atoms with Gasteiger partial charge < -0.3 is 14.6 Å². The quantitative estimate of drug-likeness (QED) is 0.871. The van der Waals surface area contributed by atoms with Crippen molar-refractivity contribution in [3.8, 4) is 0 Å². The van der Waals surface area contributed by atoms with Gasteiger partial charge in [-0.3, -0.25) is 9.59 Å². The van der Waals surface area contributed by atoms with Gasteiger partial charge in [-0.25, -0.2) is 0 Å². The highest BCUT2D eigenvalue weighted by molar-refractivity contribution is 6.31. The van der Waals surface area contributed by atoms with E-state index in [1.807, 2.05) is 31.7 Å². The van der Waals surface area contributed by atoms with Gasteiger partial charge in [-0.15, -0.1) is 0 Å². The maximum Gasteiger partial charge on any atom is 0.287 e. The fourth-order valence-electron chi connectivity index (χ4n) is 3.41. The highest BCUT2D eigenvalue weighted by Crippen LogP contribution is 2.28. The number of carbonyl (C=O) groups excluding carboxylic acids is 2. The molecule has 1 aliphatic heterocycles. The monoisotopic (exact) mass is 376 g/mol. The number of carbonyl (C=O) groups is 2. The zero-order valence-electron chi connectivity index (χ0n) is 15.5. The van der Waals surface area contributed by atoms with E-state index >= 15 is 0 Å². The molecule has 0 saturated carbocycles. The van der Waals surface area contributed by atoms with E-state index in [4.69, 9.17) is 16.0 Å². The minimum Gasteiger partial charge on any atom is -0.451 e. The summed E-state index contributed by atoms with van der Waals surface area (Å²) in [5, 5.41) is 4.52. The van der Waals surface area contributed by atoms with E-state index in [1.54, 1.807) is 12.1 Å². The first-order chi connectivity index (χ1) is 12.3. The molecule has 1 aromatic carbocycles. The molecule has 0 radical (unpaired) electrons. The van der Waals surface area contributed by atoms with Crippen LogP contribution in [0.5, 0.6) is 0 Å². The fourth-order valence-corrected chi connectivity index (χ4v) is 3.58. The molecule has 1 aromatic heterocycles. The molecule has 2 amide bonds.